The van der Waals surface area contributed by atoms with Crippen LogP contribution in [0.3, 0.4) is 0 Å². The van der Waals surface area contributed by atoms with Crippen molar-refractivity contribution >= 4 is 15.9 Å². The van der Waals surface area contributed by atoms with E-state index < -0.39 is 10.0 Å². The van der Waals surface area contributed by atoms with Gasteiger partial charge in [-0.1, -0.05) is 18.6 Å². The van der Waals surface area contributed by atoms with Crippen molar-refractivity contribution in [1.29, 1.82) is 0 Å². The largest absolute Gasteiger partial charge is 0.349 e. The molecular weight excluding hydrogens is 290 g/mol. The predicted octanol–water partition coefficient (Wildman–Crippen LogP) is 0.332. The van der Waals surface area contributed by atoms with Crippen LogP contribution in [0.1, 0.15) is 35.2 Å². The molecule has 1 aliphatic carbocycles. The summed E-state index contributed by atoms with van der Waals surface area (Å²) in [5, 5.41) is 8.01. The van der Waals surface area contributed by atoms with E-state index in [4.69, 9.17) is 10.9 Å². The Labute approximate surface area is 124 Å². The van der Waals surface area contributed by atoms with Gasteiger partial charge >= 0.3 is 0 Å². The maximum Gasteiger partial charge on any atom is 0.251 e. The first-order valence-electron chi connectivity index (χ1n) is 6.99. The Bertz CT molecular complexity index is 616. The molecule has 0 aliphatic heterocycles. The van der Waals surface area contributed by atoms with Crippen LogP contribution in [0, 0.1) is 5.92 Å². The number of nitrogens with two attached hydrogens (primary N) is 2. The molecule has 116 valence electrons. The number of benzene rings is 1. The fourth-order valence-corrected chi connectivity index (χ4v) is 3.44. The highest BCUT2D eigenvalue weighted by Crippen LogP contribution is 2.24. The van der Waals surface area contributed by atoms with E-state index >= 15 is 0 Å². The molecule has 2 atom stereocenters. The Morgan fingerprint density at radius 3 is 2.76 bits per heavy atom. The molecule has 0 heterocycles. The molecule has 1 aliphatic rings. The van der Waals surface area contributed by atoms with Crippen LogP contribution in [-0.2, 0) is 15.8 Å². The molecule has 2 unspecified atom stereocenters. The summed E-state index contributed by atoms with van der Waals surface area (Å²) < 4.78 is 22.2. The third-order valence-electron chi connectivity index (χ3n) is 3.84. The second-order valence-corrected chi connectivity index (χ2v) is 7.13. The molecule has 1 aromatic rings. The van der Waals surface area contributed by atoms with Crippen LogP contribution in [0.25, 0.3) is 0 Å². The van der Waals surface area contributed by atoms with Gasteiger partial charge in [0, 0.05) is 11.6 Å². The molecule has 0 spiro atoms. The van der Waals surface area contributed by atoms with E-state index in [0.717, 1.165) is 19.3 Å². The molecule has 1 aromatic carbocycles. The van der Waals surface area contributed by atoms with E-state index in [2.05, 4.69) is 5.32 Å². The van der Waals surface area contributed by atoms with Crippen molar-refractivity contribution < 1.29 is 13.2 Å². The molecule has 0 saturated heterocycles. The maximum atomic E-state index is 12.2. The van der Waals surface area contributed by atoms with Gasteiger partial charge in [0.25, 0.3) is 5.91 Å². The van der Waals surface area contributed by atoms with Crippen LogP contribution >= 0.6 is 0 Å². The lowest BCUT2D eigenvalue weighted by molar-refractivity contribution is 0.0928. The van der Waals surface area contributed by atoms with Crippen molar-refractivity contribution in [3.8, 4) is 0 Å². The standard InChI is InChI=1S/C14H21N3O3S/c15-8-12-5-2-6-13(12)17-14(18)11-4-1-3-10(7-11)9-21(16,19)20/h1,3-4,7,12-13H,2,5-6,8-9,15H2,(H,17,18)(H2,16,19,20). The normalized spacial score (nSPS) is 22.2. The molecule has 1 amide bonds. The second-order valence-electron chi connectivity index (χ2n) is 5.51. The summed E-state index contributed by atoms with van der Waals surface area (Å²) in [6.45, 7) is 0.566. The number of sulfonamides is 1. The van der Waals surface area contributed by atoms with Crippen molar-refractivity contribution in [2.24, 2.45) is 16.8 Å². The molecule has 0 bridgehead atoms. The maximum absolute atomic E-state index is 12.2. The smallest absolute Gasteiger partial charge is 0.251 e. The van der Waals surface area contributed by atoms with Gasteiger partial charge in [-0.2, -0.15) is 0 Å². The zero-order valence-corrected chi connectivity index (χ0v) is 12.6. The van der Waals surface area contributed by atoms with Gasteiger partial charge in [0.1, 0.15) is 0 Å². The first kappa shape index (κ1) is 15.9. The number of nitrogens with one attached hydrogen (secondary N) is 1. The van der Waals surface area contributed by atoms with Crippen molar-refractivity contribution in [1.82, 2.24) is 5.32 Å². The number of carbonyl (C=O) groups excluding carboxylic acids is 1. The molecule has 0 radical (unpaired) electrons. The average Bonchev–Trinajstić information content (AvgIpc) is 2.84. The Kier molecular flexibility index (Phi) is 4.97. The molecule has 6 nitrogen and oxygen atoms in total. The van der Waals surface area contributed by atoms with E-state index in [1.807, 2.05) is 0 Å². The summed E-state index contributed by atoms with van der Waals surface area (Å²) in [7, 11) is -3.60. The first-order chi connectivity index (χ1) is 9.89. The Hall–Kier alpha value is -1.44. The summed E-state index contributed by atoms with van der Waals surface area (Å²) in [5.74, 6) is -0.152. The monoisotopic (exact) mass is 311 g/mol. The minimum Gasteiger partial charge on any atom is -0.349 e. The number of carbonyl (C=O) groups is 1. The molecule has 0 aromatic heterocycles. The minimum absolute atomic E-state index is 0.101. The number of hydrogen-bond donors (Lipinski definition) is 3. The molecule has 1 fully saturated rings. The number of hydrogen-bond acceptors (Lipinski definition) is 4. The topological polar surface area (TPSA) is 115 Å². The van der Waals surface area contributed by atoms with Crippen LogP contribution in [0.4, 0.5) is 0 Å². The van der Waals surface area contributed by atoms with Gasteiger partial charge in [0.2, 0.25) is 10.0 Å². The van der Waals surface area contributed by atoms with E-state index in [9.17, 15) is 13.2 Å². The second kappa shape index (κ2) is 6.55. The van der Waals surface area contributed by atoms with Crippen LogP contribution < -0.4 is 16.2 Å². The van der Waals surface area contributed by atoms with Gasteiger partial charge < -0.3 is 11.1 Å². The van der Waals surface area contributed by atoms with Crippen LogP contribution in [-0.4, -0.2) is 26.9 Å². The van der Waals surface area contributed by atoms with Gasteiger partial charge in [-0.3, -0.25) is 4.79 Å². The number of amides is 1. The van der Waals surface area contributed by atoms with Crippen LogP contribution in [0.5, 0.6) is 0 Å². The van der Waals surface area contributed by atoms with Crippen molar-refractivity contribution in [3.05, 3.63) is 35.4 Å². The van der Waals surface area contributed by atoms with Crippen molar-refractivity contribution in [3.63, 3.8) is 0 Å². The molecule has 5 N–H and O–H groups in total. The fraction of sp³-hybridized carbons (Fsp3) is 0.500. The summed E-state index contributed by atoms with van der Waals surface area (Å²) in [6.07, 6.45) is 3.04. The third kappa shape index (κ3) is 4.52. The first-order valence-corrected chi connectivity index (χ1v) is 8.71. The quantitative estimate of drug-likeness (QED) is 0.727. The fourth-order valence-electron chi connectivity index (χ4n) is 2.80. The number of rotatable bonds is 5. The van der Waals surface area contributed by atoms with E-state index in [1.165, 1.54) is 0 Å². The average molecular weight is 311 g/mol. The minimum atomic E-state index is -3.60. The van der Waals surface area contributed by atoms with Gasteiger partial charge in [-0.05, 0) is 43.0 Å². The molecule has 7 heteroatoms. The highest BCUT2D eigenvalue weighted by molar-refractivity contribution is 7.88. The lowest BCUT2D eigenvalue weighted by Gasteiger charge is -2.19. The number of primary sulfonamides is 1. The van der Waals surface area contributed by atoms with Gasteiger partial charge in [0.15, 0.2) is 0 Å². The van der Waals surface area contributed by atoms with Gasteiger partial charge in [0.05, 0.1) is 5.75 Å². The lowest BCUT2D eigenvalue weighted by Crippen LogP contribution is -2.39. The van der Waals surface area contributed by atoms with Crippen LogP contribution in [0.15, 0.2) is 24.3 Å². The predicted molar refractivity (Wildman–Crippen MR) is 80.9 cm³/mol. The molecule has 2 rings (SSSR count). The third-order valence-corrected chi connectivity index (χ3v) is 4.57. The SMILES string of the molecule is NCC1CCCC1NC(=O)c1cccc(CS(N)(=O)=O)c1. The summed E-state index contributed by atoms with van der Waals surface area (Å²) in [4.78, 5) is 12.2. The van der Waals surface area contributed by atoms with E-state index in [-0.39, 0.29) is 17.7 Å². The van der Waals surface area contributed by atoms with Crippen molar-refractivity contribution in [2.45, 2.75) is 31.1 Å². The molecule has 1 saturated carbocycles. The highest BCUT2D eigenvalue weighted by Gasteiger charge is 2.27. The zero-order chi connectivity index (χ0) is 15.5. The summed E-state index contributed by atoms with van der Waals surface area (Å²) in [6, 6.07) is 6.62. The Morgan fingerprint density at radius 1 is 1.33 bits per heavy atom. The van der Waals surface area contributed by atoms with Crippen molar-refractivity contribution in [2.75, 3.05) is 6.54 Å². The van der Waals surface area contributed by atoms with E-state index in [1.54, 1.807) is 24.3 Å². The highest BCUT2D eigenvalue weighted by atomic mass is 32.2. The lowest BCUT2D eigenvalue weighted by atomic mass is 10.0. The molecule has 21 heavy (non-hydrogen) atoms. The Balaban J connectivity index is 2.07. The van der Waals surface area contributed by atoms with Gasteiger partial charge in [-0.15, -0.1) is 0 Å². The summed E-state index contributed by atoms with van der Waals surface area (Å²) >= 11 is 0. The summed E-state index contributed by atoms with van der Waals surface area (Å²) in [5.41, 5.74) is 6.65. The van der Waals surface area contributed by atoms with Crippen LogP contribution in [0.2, 0.25) is 0 Å². The van der Waals surface area contributed by atoms with E-state index in [0.29, 0.717) is 23.6 Å². The van der Waals surface area contributed by atoms with Gasteiger partial charge in [-0.25, -0.2) is 13.6 Å². The Morgan fingerprint density at radius 2 is 2.10 bits per heavy atom. The molecular formula is C14H21N3O3S. The zero-order valence-electron chi connectivity index (χ0n) is 11.8.